The Balaban J connectivity index is 1.57. The quantitative estimate of drug-likeness (QED) is 0.406. The van der Waals surface area contributed by atoms with Crippen LogP contribution in [0.1, 0.15) is 25.5 Å². The van der Waals surface area contributed by atoms with Crippen molar-refractivity contribution in [3.05, 3.63) is 60.6 Å². The smallest absolute Gasteiger partial charge is 0.191 e. The van der Waals surface area contributed by atoms with Crippen LogP contribution in [0.15, 0.2) is 60.0 Å². The Bertz CT molecular complexity index is 1020. The molecular formula is C21H23N5OS. The van der Waals surface area contributed by atoms with Crippen LogP contribution in [-0.4, -0.2) is 31.3 Å². The van der Waals surface area contributed by atoms with Crippen LogP contribution in [0.5, 0.6) is 5.75 Å². The van der Waals surface area contributed by atoms with Crippen molar-refractivity contribution in [2.24, 2.45) is 0 Å². The fourth-order valence-corrected chi connectivity index (χ4v) is 3.91. The molecule has 0 unspecified atom stereocenters. The number of thioether (sulfide) groups is 1. The number of imidazole rings is 1. The summed E-state index contributed by atoms with van der Waals surface area (Å²) in [5.41, 5.74) is 3.04. The Kier molecular flexibility index (Phi) is 5.62. The van der Waals surface area contributed by atoms with Gasteiger partial charge in [-0.1, -0.05) is 31.2 Å². The summed E-state index contributed by atoms with van der Waals surface area (Å²) in [5.74, 6) is 2.49. The first-order valence-electron chi connectivity index (χ1n) is 9.41. The molecule has 3 heterocycles. The number of benzene rings is 1. The first kappa shape index (κ1) is 18.6. The summed E-state index contributed by atoms with van der Waals surface area (Å²) in [6.45, 7) is 3.10. The van der Waals surface area contributed by atoms with Crippen molar-refractivity contribution in [3.8, 4) is 17.1 Å². The molecule has 0 saturated heterocycles. The van der Waals surface area contributed by atoms with Gasteiger partial charge in [0.25, 0.3) is 0 Å². The van der Waals surface area contributed by atoms with Gasteiger partial charge in [0, 0.05) is 30.3 Å². The minimum Gasteiger partial charge on any atom is -0.497 e. The lowest BCUT2D eigenvalue weighted by Gasteiger charge is -2.09. The molecule has 0 N–H and O–H groups in total. The molecule has 0 bridgehead atoms. The molecule has 6 nitrogen and oxygen atoms in total. The molecule has 0 aliphatic carbocycles. The van der Waals surface area contributed by atoms with Gasteiger partial charge in [0.05, 0.1) is 12.8 Å². The molecule has 4 aromatic rings. The van der Waals surface area contributed by atoms with Gasteiger partial charge in [-0.05, 0) is 42.8 Å². The summed E-state index contributed by atoms with van der Waals surface area (Å²) in [5, 5.41) is 9.87. The van der Waals surface area contributed by atoms with E-state index in [0.29, 0.717) is 0 Å². The Morgan fingerprint density at radius 1 is 1.07 bits per heavy atom. The molecular weight excluding hydrogens is 370 g/mol. The van der Waals surface area contributed by atoms with Crippen LogP contribution in [0.4, 0.5) is 0 Å². The molecule has 0 aliphatic rings. The lowest BCUT2D eigenvalue weighted by molar-refractivity contribution is 0.415. The fourth-order valence-electron chi connectivity index (χ4n) is 3.06. The highest BCUT2D eigenvalue weighted by Crippen LogP contribution is 2.28. The molecule has 4 rings (SSSR count). The third-order valence-corrected chi connectivity index (χ3v) is 5.56. The van der Waals surface area contributed by atoms with Gasteiger partial charge in [0.1, 0.15) is 11.4 Å². The van der Waals surface area contributed by atoms with Crippen molar-refractivity contribution in [1.82, 2.24) is 24.1 Å². The van der Waals surface area contributed by atoms with Crippen LogP contribution < -0.4 is 4.74 Å². The highest BCUT2D eigenvalue weighted by atomic mass is 32.2. The van der Waals surface area contributed by atoms with Gasteiger partial charge < -0.3 is 13.7 Å². The second-order valence-electron chi connectivity index (χ2n) is 6.53. The number of hydrogen-bond acceptors (Lipinski definition) is 5. The molecule has 144 valence electrons. The highest BCUT2D eigenvalue weighted by molar-refractivity contribution is 7.98. The lowest BCUT2D eigenvalue weighted by atomic mass is 10.2. The average molecular weight is 394 g/mol. The van der Waals surface area contributed by atoms with E-state index in [1.54, 1.807) is 18.9 Å². The third kappa shape index (κ3) is 3.89. The van der Waals surface area contributed by atoms with E-state index >= 15 is 0 Å². The molecule has 0 spiro atoms. The fraction of sp³-hybridized carbons (Fsp3) is 0.286. The second-order valence-corrected chi connectivity index (χ2v) is 7.47. The maximum absolute atomic E-state index is 5.26. The Morgan fingerprint density at radius 3 is 2.68 bits per heavy atom. The molecule has 0 radical (unpaired) electrons. The SMILES string of the molecule is CCCCn1c(SCc2cn3ccccc3n2)nnc1-c1ccc(OC)cc1. The van der Waals surface area contributed by atoms with E-state index in [2.05, 4.69) is 32.9 Å². The van der Waals surface area contributed by atoms with Crippen LogP contribution in [0.3, 0.4) is 0 Å². The summed E-state index contributed by atoms with van der Waals surface area (Å²) < 4.78 is 9.52. The number of pyridine rings is 1. The molecule has 0 aliphatic heterocycles. The van der Waals surface area contributed by atoms with Gasteiger partial charge in [-0.25, -0.2) is 4.98 Å². The molecule has 0 fully saturated rings. The summed E-state index contributed by atoms with van der Waals surface area (Å²) in [7, 11) is 1.67. The Labute approximate surface area is 168 Å². The maximum atomic E-state index is 5.26. The van der Waals surface area contributed by atoms with E-state index in [1.807, 2.05) is 53.1 Å². The number of aromatic nitrogens is 5. The van der Waals surface area contributed by atoms with Crippen LogP contribution in [0.25, 0.3) is 17.0 Å². The minimum absolute atomic E-state index is 0.758. The maximum Gasteiger partial charge on any atom is 0.191 e. The third-order valence-electron chi connectivity index (χ3n) is 4.56. The molecule has 0 amide bonds. The predicted octanol–water partition coefficient (Wildman–Crippen LogP) is 4.69. The highest BCUT2D eigenvalue weighted by Gasteiger charge is 2.15. The van der Waals surface area contributed by atoms with Crippen molar-refractivity contribution >= 4 is 17.4 Å². The van der Waals surface area contributed by atoms with Crippen molar-refractivity contribution in [1.29, 1.82) is 0 Å². The van der Waals surface area contributed by atoms with Gasteiger partial charge in [-0.2, -0.15) is 0 Å². The van der Waals surface area contributed by atoms with E-state index in [-0.39, 0.29) is 0 Å². The zero-order valence-corrected chi connectivity index (χ0v) is 16.9. The first-order chi connectivity index (χ1) is 13.8. The van der Waals surface area contributed by atoms with Gasteiger partial charge >= 0.3 is 0 Å². The number of nitrogens with zero attached hydrogens (tertiary/aromatic N) is 5. The molecule has 0 atom stereocenters. The van der Waals surface area contributed by atoms with E-state index in [0.717, 1.165) is 58.8 Å². The van der Waals surface area contributed by atoms with Crippen molar-refractivity contribution in [2.45, 2.75) is 37.2 Å². The molecule has 1 aromatic carbocycles. The molecule has 28 heavy (non-hydrogen) atoms. The zero-order valence-electron chi connectivity index (χ0n) is 16.1. The summed E-state index contributed by atoms with van der Waals surface area (Å²) >= 11 is 1.68. The lowest BCUT2D eigenvalue weighted by Crippen LogP contribution is -2.02. The summed E-state index contributed by atoms with van der Waals surface area (Å²) in [6.07, 6.45) is 6.29. The second kappa shape index (κ2) is 8.48. The molecule has 0 saturated carbocycles. The Hall–Kier alpha value is -2.80. The largest absolute Gasteiger partial charge is 0.497 e. The monoisotopic (exact) mass is 393 g/mol. The summed E-state index contributed by atoms with van der Waals surface area (Å²) in [6, 6.07) is 14.0. The zero-order chi connectivity index (χ0) is 19.3. The van der Waals surface area contributed by atoms with Gasteiger partial charge in [-0.3, -0.25) is 0 Å². The Morgan fingerprint density at radius 2 is 1.93 bits per heavy atom. The predicted molar refractivity (Wildman–Crippen MR) is 112 cm³/mol. The van der Waals surface area contributed by atoms with Crippen molar-refractivity contribution < 1.29 is 4.74 Å². The van der Waals surface area contributed by atoms with Gasteiger partial charge in [0.15, 0.2) is 11.0 Å². The molecule has 3 aromatic heterocycles. The van der Waals surface area contributed by atoms with Crippen LogP contribution in [0.2, 0.25) is 0 Å². The number of hydrogen-bond donors (Lipinski definition) is 0. The number of fused-ring (bicyclic) bond motifs is 1. The van der Waals surface area contributed by atoms with Gasteiger partial charge in [0.2, 0.25) is 0 Å². The van der Waals surface area contributed by atoms with Gasteiger partial charge in [-0.15, -0.1) is 10.2 Å². The minimum atomic E-state index is 0.758. The standard InChI is InChI=1S/C21H23N5OS/c1-3-4-13-26-20(16-8-10-18(27-2)11-9-16)23-24-21(26)28-15-17-14-25-12-6-5-7-19(25)22-17/h5-12,14H,3-4,13,15H2,1-2H3. The number of methoxy groups -OCH3 is 1. The average Bonchev–Trinajstić information content (AvgIpc) is 3.34. The first-order valence-corrected chi connectivity index (χ1v) is 10.4. The van der Waals surface area contributed by atoms with E-state index in [9.17, 15) is 0 Å². The van der Waals surface area contributed by atoms with E-state index in [1.165, 1.54) is 0 Å². The van der Waals surface area contributed by atoms with Crippen molar-refractivity contribution in [2.75, 3.05) is 7.11 Å². The van der Waals surface area contributed by atoms with Crippen LogP contribution >= 0.6 is 11.8 Å². The number of ether oxygens (including phenoxy) is 1. The number of rotatable bonds is 8. The topological polar surface area (TPSA) is 57.2 Å². The molecule has 7 heteroatoms. The normalized spacial score (nSPS) is 11.2. The van der Waals surface area contributed by atoms with Crippen LogP contribution in [0, 0.1) is 0 Å². The van der Waals surface area contributed by atoms with Crippen LogP contribution in [-0.2, 0) is 12.3 Å². The summed E-state index contributed by atoms with van der Waals surface area (Å²) in [4.78, 5) is 4.67. The number of unbranched alkanes of at least 4 members (excludes halogenated alkanes) is 1. The van der Waals surface area contributed by atoms with Crippen molar-refractivity contribution in [3.63, 3.8) is 0 Å². The van der Waals surface area contributed by atoms with E-state index in [4.69, 9.17) is 4.74 Å². The van der Waals surface area contributed by atoms with E-state index < -0.39 is 0 Å².